The van der Waals surface area contributed by atoms with E-state index in [4.69, 9.17) is 4.74 Å². The van der Waals surface area contributed by atoms with Crippen molar-refractivity contribution in [3.8, 4) is 5.88 Å². The zero-order valence-corrected chi connectivity index (χ0v) is 23.9. The second kappa shape index (κ2) is 14.7. The zero-order chi connectivity index (χ0) is 31.9. The highest BCUT2D eigenvalue weighted by Gasteiger charge is 2.32. The van der Waals surface area contributed by atoms with E-state index in [2.05, 4.69) is 15.6 Å². The molecule has 2 amide bonds. The lowest BCUT2D eigenvalue weighted by Gasteiger charge is -2.11. The summed E-state index contributed by atoms with van der Waals surface area (Å²) in [4.78, 5) is 38.6. The Bertz CT molecular complexity index is 1600. The number of nitrogens with zero attached hydrogens (tertiary/aromatic N) is 1. The molecule has 0 radical (unpaired) electrons. The molecule has 0 aliphatic heterocycles. The van der Waals surface area contributed by atoms with Gasteiger partial charge in [0.2, 0.25) is 5.88 Å². The number of ketones is 1. The Balaban J connectivity index is 0.000000300. The maximum absolute atomic E-state index is 13.7. The van der Waals surface area contributed by atoms with Gasteiger partial charge in [-0.05, 0) is 48.5 Å². The van der Waals surface area contributed by atoms with Crippen LogP contribution in [-0.2, 0) is 17.1 Å². The Morgan fingerprint density at radius 2 is 1.34 bits per heavy atom. The van der Waals surface area contributed by atoms with Gasteiger partial charge in [0.05, 0.1) is 29.4 Å². The third-order valence-electron chi connectivity index (χ3n) is 5.47. The van der Waals surface area contributed by atoms with Gasteiger partial charge in [0.1, 0.15) is 11.6 Å². The van der Waals surface area contributed by atoms with Crippen molar-refractivity contribution in [3.05, 3.63) is 113 Å². The summed E-state index contributed by atoms with van der Waals surface area (Å²) in [7, 11) is 1.38. The fourth-order valence-electron chi connectivity index (χ4n) is 3.41. The number of benzene rings is 2. The molecule has 7 nitrogen and oxygen atoms in total. The average molecular weight is 694 g/mol. The highest BCUT2D eigenvalue weighted by atomic mass is 79.9. The molecule has 0 fully saturated rings. The number of alkyl halides is 6. The molecule has 1 aromatic heterocycles. The molecule has 0 saturated carbocycles. The highest BCUT2D eigenvalue weighted by Crippen LogP contribution is 2.31. The third-order valence-corrected chi connectivity index (χ3v) is 5.47. The molecule has 2 aromatic carbocycles. The number of nitrogens with one attached hydrogen (secondary N) is 2. The van der Waals surface area contributed by atoms with E-state index in [1.165, 1.54) is 43.7 Å². The monoisotopic (exact) mass is 693 g/mol. The summed E-state index contributed by atoms with van der Waals surface area (Å²) in [6, 6.07) is 6.16. The Morgan fingerprint density at radius 3 is 1.80 bits per heavy atom. The number of carbonyl (C=O) groups is 3. The lowest BCUT2D eigenvalue weighted by Crippen LogP contribution is -2.24. The number of aromatic nitrogens is 1. The lowest BCUT2D eigenvalue weighted by atomic mass is 10.1. The number of halogens is 9. The number of anilines is 1. The van der Waals surface area contributed by atoms with Gasteiger partial charge in [-0.2, -0.15) is 26.3 Å². The van der Waals surface area contributed by atoms with Crippen molar-refractivity contribution in [2.24, 2.45) is 0 Å². The van der Waals surface area contributed by atoms with Crippen LogP contribution < -0.4 is 15.4 Å². The Morgan fingerprint density at radius 1 is 0.818 bits per heavy atom. The van der Waals surface area contributed by atoms with Crippen LogP contribution in [0.25, 0.3) is 0 Å². The molecule has 3 aromatic rings. The standard InChI is InChI=1S/C14H10F4N2O2.C14H9F4NO2.BrH/c1-22-12-7-9(4-5-19-12)20-13(21)10-3-2-8(6-11(10)15)14(16,17)18;15-12-6-8(14(16,17)18)4-5-11(12)13(21)19-9-2-1-3-10(20)7-9;/h2-7H,1H3,(H,19,20,21);1-2,4-7H,3H2,(H,19,21);1H. The molecule has 0 unspecified atom stereocenters. The summed E-state index contributed by atoms with van der Waals surface area (Å²) < 4.78 is 107. The number of methoxy groups -OCH3 is 1. The Hall–Kier alpha value is -4.60. The van der Waals surface area contributed by atoms with Crippen LogP contribution in [0.3, 0.4) is 0 Å². The molecule has 0 bridgehead atoms. The molecule has 44 heavy (non-hydrogen) atoms. The van der Waals surface area contributed by atoms with Crippen LogP contribution >= 0.6 is 17.0 Å². The number of ether oxygens (including phenoxy) is 1. The maximum Gasteiger partial charge on any atom is 0.416 e. The van der Waals surface area contributed by atoms with Crippen molar-refractivity contribution < 1.29 is 54.2 Å². The summed E-state index contributed by atoms with van der Waals surface area (Å²) in [5, 5.41) is 4.61. The van der Waals surface area contributed by atoms with Crippen molar-refractivity contribution in [2.75, 3.05) is 12.4 Å². The molecule has 1 heterocycles. The molecule has 1 aliphatic carbocycles. The molecular weight excluding hydrogens is 674 g/mol. The summed E-state index contributed by atoms with van der Waals surface area (Å²) in [6.45, 7) is 0. The fourth-order valence-corrected chi connectivity index (χ4v) is 3.41. The number of rotatable bonds is 5. The van der Waals surface area contributed by atoms with E-state index in [-0.39, 0.29) is 58.6 Å². The van der Waals surface area contributed by atoms with Crippen LogP contribution in [0.5, 0.6) is 5.88 Å². The Kier molecular flexibility index (Phi) is 11.9. The van der Waals surface area contributed by atoms with Gasteiger partial charge in [0, 0.05) is 36.1 Å². The highest BCUT2D eigenvalue weighted by molar-refractivity contribution is 8.93. The second-order valence-electron chi connectivity index (χ2n) is 8.55. The predicted molar refractivity (Wildman–Crippen MR) is 146 cm³/mol. The van der Waals surface area contributed by atoms with Crippen molar-refractivity contribution in [1.82, 2.24) is 10.3 Å². The molecule has 1 aliphatic rings. The molecular formula is C28H20BrF8N3O4. The van der Waals surface area contributed by atoms with Crippen LogP contribution in [0, 0.1) is 11.6 Å². The largest absolute Gasteiger partial charge is 0.481 e. The van der Waals surface area contributed by atoms with Crippen LogP contribution in [0.4, 0.5) is 40.8 Å². The zero-order valence-electron chi connectivity index (χ0n) is 22.1. The summed E-state index contributed by atoms with van der Waals surface area (Å²) in [5.74, 6) is -4.35. The van der Waals surface area contributed by atoms with Crippen LogP contribution in [0.2, 0.25) is 0 Å². The minimum atomic E-state index is -4.68. The molecule has 0 spiro atoms. The first-order chi connectivity index (χ1) is 20.1. The molecule has 16 heteroatoms. The Labute approximate surface area is 254 Å². The molecule has 0 atom stereocenters. The lowest BCUT2D eigenvalue weighted by molar-refractivity contribution is -0.138. The first-order valence-corrected chi connectivity index (χ1v) is 11.9. The van der Waals surface area contributed by atoms with Crippen molar-refractivity contribution in [1.29, 1.82) is 0 Å². The molecule has 234 valence electrons. The minimum absolute atomic E-state index is 0. The van der Waals surface area contributed by atoms with Gasteiger partial charge in [-0.25, -0.2) is 13.8 Å². The van der Waals surface area contributed by atoms with Crippen LogP contribution in [0.15, 0.2) is 78.7 Å². The summed E-state index contributed by atoms with van der Waals surface area (Å²) >= 11 is 0. The first-order valence-electron chi connectivity index (χ1n) is 11.9. The van der Waals surface area contributed by atoms with Crippen molar-refractivity contribution in [3.63, 3.8) is 0 Å². The fraction of sp³-hybridized carbons (Fsp3) is 0.143. The second-order valence-corrected chi connectivity index (χ2v) is 8.55. The van der Waals surface area contributed by atoms with Gasteiger partial charge >= 0.3 is 12.4 Å². The molecule has 4 rings (SSSR count). The number of carbonyl (C=O) groups excluding carboxylic acids is 3. The topological polar surface area (TPSA) is 97.4 Å². The van der Waals surface area contributed by atoms with Gasteiger partial charge < -0.3 is 15.4 Å². The van der Waals surface area contributed by atoms with Gasteiger partial charge in [0.15, 0.2) is 5.78 Å². The van der Waals surface area contributed by atoms with E-state index < -0.39 is 58.1 Å². The van der Waals surface area contributed by atoms with Gasteiger partial charge in [-0.1, -0.05) is 6.08 Å². The van der Waals surface area contributed by atoms with E-state index in [1.54, 1.807) is 0 Å². The van der Waals surface area contributed by atoms with E-state index in [0.717, 1.165) is 12.1 Å². The van der Waals surface area contributed by atoms with E-state index in [0.29, 0.717) is 12.1 Å². The predicted octanol–water partition coefficient (Wildman–Crippen LogP) is 7.07. The van der Waals surface area contributed by atoms with Crippen molar-refractivity contribution >= 4 is 40.3 Å². The average Bonchev–Trinajstić information content (AvgIpc) is 2.92. The SMILES string of the molecule is Br.COc1cc(NC(=O)c2ccc(C(F)(F)F)cc2F)ccn1.O=C1C=C(NC(=O)c2ccc(C(F)(F)F)cc2F)C=CC1. The summed E-state index contributed by atoms with van der Waals surface area (Å²) in [6.07, 6.45) is -3.65. The van der Waals surface area contributed by atoms with E-state index in [1.807, 2.05) is 0 Å². The number of hydrogen-bond acceptors (Lipinski definition) is 5. The molecule has 2 N–H and O–H groups in total. The number of hydrogen-bond donors (Lipinski definition) is 2. The van der Waals surface area contributed by atoms with E-state index >= 15 is 0 Å². The summed E-state index contributed by atoms with van der Waals surface area (Å²) in [5.41, 5.74) is -2.93. The number of amides is 2. The normalized spacial score (nSPS) is 12.7. The van der Waals surface area contributed by atoms with Crippen LogP contribution in [-0.4, -0.2) is 29.7 Å². The van der Waals surface area contributed by atoms with E-state index in [9.17, 15) is 49.5 Å². The third kappa shape index (κ3) is 9.72. The van der Waals surface area contributed by atoms with Gasteiger partial charge in [0.25, 0.3) is 11.8 Å². The van der Waals surface area contributed by atoms with Gasteiger partial charge in [-0.15, -0.1) is 17.0 Å². The van der Waals surface area contributed by atoms with Gasteiger partial charge in [-0.3, -0.25) is 14.4 Å². The smallest absolute Gasteiger partial charge is 0.416 e. The maximum atomic E-state index is 13.7. The first kappa shape index (κ1) is 35.6. The molecule has 0 saturated heterocycles. The number of allylic oxidation sites excluding steroid dienone is 3. The quantitative estimate of drug-likeness (QED) is 0.279. The minimum Gasteiger partial charge on any atom is -0.481 e. The number of pyridine rings is 1. The van der Waals surface area contributed by atoms with Crippen LogP contribution in [0.1, 0.15) is 38.3 Å². The van der Waals surface area contributed by atoms with Crippen molar-refractivity contribution in [2.45, 2.75) is 18.8 Å².